The third kappa shape index (κ3) is 3.72. The van der Waals surface area contributed by atoms with Crippen LogP contribution in [0.25, 0.3) is 0 Å². The monoisotopic (exact) mass is 364 g/mol. The molecule has 4 heteroatoms. The van der Waals surface area contributed by atoms with E-state index in [2.05, 4.69) is 25.1 Å². The highest BCUT2D eigenvalue weighted by Crippen LogP contribution is 2.39. The molecule has 0 N–H and O–H groups in total. The maximum atomic E-state index is 13.2. The zero-order chi connectivity index (χ0) is 18.9. The Morgan fingerprint density at radius 1 is 1.04 bits per heavy atom. The zero-order valence-corrected chi connectivity index (χ0v) is 16.2. The minimum Gasteiger partial charge on any atom is -0.485 e. The summed E-state index contributed by atoms with van der Waals surface area (Å²) in [6, 6.07) is 18.3. The Labute approximate surface area is 161 Å². The van der Waals surface area contributed by atoms with Gasteiger partial charge in [0.15, 0.2) is 0 Å². The van der Waals surface area contributed by atoms with E-state index in [1.54, 1.807) is 0 Å². The fraction of sp³-hybridized carbons (Fsp3) is 0.435. The Kier molecular flexibility index (Phi) is 4.92. The summed E-state index contributed by atoms with van der Waals surface area (Å²) in [6.45, 7) is 1.25. The van der Waals surface area contributed by atoms with Crippen LogP contribution in [0.5, 0.6) is 5.75 Å². The smallest absolute Gasteiger partial charge is 0.254 e. The number of ether oxygens (including phenoxy) is 1. The standard InChI is InChI=1S/C23H28N2O2/c1-24(2)20-12-14-23(15-13-20)17-25(22(26)18-8-4-3-5-9-18)16-19-10-6-7-11-21(19)27-23/h3-11,20H,12-17H2,1-2H3. The van der Waals surface area contributed by atoms with Crippen LogP contribution in [0.4, 0.5) is 0 Å². The van der Waals surface area contributed by atoms with E-state index in [0.29, 0.717) is 19.1 Å². The highest BCUT2D eigenvalue weighted by atomic mass is 16.5. The Morgan fingerprint density at radius 2 is 1.70 bits per heavy atom. The quantitative estimate of drug-likeness (QED) is 0.808. The van der Waals surface area contributed by atoms with E-state index < -0.39 is 0 Å². The van der Waals surface area contributed by atoms with Crippen molar-refractivity contribution in [2.75, 3.05) is 20.6 Å². The van der Waals surface area contributed by atoms with Gasteiger partial charge < -0.3 is 14.5 Å². The van der Waals surface area contributed by atoms with Crippen molar-refractivity contribution in [2.24, 2.45) is 0 Å². The molecular formula is C23H28N2O2. The normalized spacial score (nSPS) is 25.0. The molecule has 4 nitrogen and oxygen atoms in total. The van der Waals surface area contributed by atoms with Gasteiger partial charge in [0.25, 0.3) is 5.91 Å². The van der Waals surface area contributed by atoms with Gasteiger partial charge in [-0.15, -0.1) is 0 Å². The highest BCUT2D eigenvalue weighted by molar-refractivity contribution is 5.94. The van der Waals surface area contributed by atoms with Gasteiger partial charge in [-0.3, -0.25) is 4.79 Å². The lowest BCUT2D eigenvalue weighted by molar-refractivity contribution is -0.00928. The number of hydrogen-bond donors (Lipinski definition) is 0. The maximum absolute atomic E-state index is 13.2. The van der Waals surface area contributed by atoms with Gasteiger partial charge in [0.1, 0.15) is 11.4 Å². The molecule has 1 heterocycles. The third-order valence-electron chi connectivity index (χ3n) is 6.04. The van der Waals surface area contributed by atoms with Gasteiger partial charge in [-0.05, 0) is 58.0 Å². The lowest BCUT2D eigenvalue weighted by Gasteiger charge is -2.43. The molecule has 27 heavy (non-hydrogen) atoms. The molecule has 1 saturated carbocycles. The molecule has 0 radical (unpaired) electrons. The fourth-order valence-corrected chi connectivity index (χ4v) is 4.42. The molecule has 1 fully saturated rings. The minimum absolute atomic E-state index is 0.0880. The summed E-state index contributed by atoms with van der Waals surface area (Å²) in [5.74, 6) is 1.02. The highest BCUT2D eigenvalue weighted by Gasteiger charge is 2.42. The summed E-state index contributed by atoms with van der Waals surface area (Å²) in [5.41, 5.74) is 1.55. The molecular weight excluding hydrogens is 336 g/mol. The second-order valence-corrected chi connectivity index (χ2v) is 8.11. The van der Waals surface area contributed by atoms with Crippen molar-refractivity contribution >= 4 is 5.91 Å². The van der Waals surface area contributed by atoms with E-state index in [0.717, 1.165) is 42.6 Å². The number of nitrogens with zero attached hydrogens (tertiary/aromatic N) is 2. The van der Waals surface area contributed by atoms with Crippen molar-refractivity contribution in [1.82, 2.24) is 9.80 Å². The average molecular weight is 364 g/mol. The number of amides is 1. The molecule has 2 aromatic rings. The van der Waals surface area contributed by atoms with Gasteiger partial charge in [-0.2, -0.15) is 0 Å². The minimum atomic E-state index is -0.288. The second-order valence-electron chi connectivity index (χ2n) is 8.11. The predicted octanol–water partition coefficient (Wildman–Crippen LogP) is 3.96. The number of benzene rings is 2. The van der Waals surface area contributed by atoms with E-state index >= 15 is 0 Å². The summed E-state index contributed by atoms with van der Waals surface area (Å²) in [6.07, 6.45) is 4.15. The van der Waals surface area contributed by atoms with Crippen LogP contribution >= 0.6 is 0 Å². The molecule has 1 spiro atoms. The lowest BCUT2D eigenvalue weighted by atomic mass is 9.81. The summed E-state index contributed by atoms with van der Waals surface area (Å²) in [5, 5.41) is 0. The molecule has 4 rings (SSSR count). The van der Waals surface area contributed by atoms with Gasteiger partial charge in [-0.1, -0.05) is 36.4 Å². The summed E-state index contributed by atoms with van der Waals surface area (Å²) in [4.78, 5) is 17.5. The SMILES string of the molecule is CN(C)C1CCC2(CC1)CN(C(=O)c1ccccc1)Cc1ccccc1O2. The number of fused-ring (bicyclic) bond motifs is 1. The number of hydrogen-bond acceptors (Lipinski definition) is 3. The first-order valence-electron chi connectivity index (χ1n) is 9.84. The van der Waals surface area contributed by atoms with Crippen molar-refractivity contribution in [2.45, 2.75) is 43.9 Å². The molecule has 1 aliphatic heterocycles. The Hall–Kier alpha value is -2.33. The van der Waals surface area contributed by atoms with Gasteiger partial charge >= 0.3 is 0 Å². The van der Waals surface area contributed by atoms with Gasteiger partial charge in [0.2, 0.25) is 0 Å². The molecule has 0 atom stereocenters. The fourth-order valence-electron chi connectivity index (χ4n) is 4.42. The summed E-state index contributed by atoms with van der Waals surface area (Å²) >= 11 is 0. The van der Waals surface area contributed by atoms with Gasteiger partial charge in [0.05, 0.1) is 6.54 Å². The van der Waals surface area contributed by atoms with Crippen LogP contribution in [0.3, 0.4) is 0 Å². The van der Waals surface area contributed by atoms with Crippen molar-refractivity contribution in [3.05, 3.63) is 65.7 Å². The number of carbonyl (C=O) groups excluding carboxylic acids is 1. The van der Waals surface area contributed by atoms with Crippen LogP contribution in [0, 0.1) is 0 Å². The Bertz CT molecular complexity index is 795. The van der Waals surface area contributed by atoms with Gasteiger partial charge in [-0.25, -0.2) is 0 Å². The van der Waals surface area contributed by atoms with Crippen LogP contribution in [0.15, 0.2) is 54.6 Å². The van der Waals surface area contributed by atoms with E-state index in [1.807, 2.05) is 53.4 Å². The third-order valence-corrected chi connectivity index (χ3v) is 6.04. The molecule has 0 aromatic heterocycles. The van der Waals surface area contributed by atoms with Crippen LogP contribution in [-0.2, 0) is 6.54 Å². The topological polar surface area (TPSA) is 32.8 Å². The molecule has 1 amide bonds. The number of rotatable bonds is 2. The van der Waals surface area contributed by atoms with Crippen LogP contribution in [-0.4, -0.2) is 48.0 Å². The molecule has 2 aromatic carbocycles. The van der Waals surface area contributed by atoms with E-state index in [9.17, 15) is 4.79 Å². The van der Waals surface area contributed by atoms with Crippen LogP contribution < -0.4 is 4.74 Å². The number of para-hydroxylation sites is 1. The van der Waals surface area contributed by atoms with Crippen LogP contribution in [0.2, 0.25) is 0 Å². The molecule has 2 aliphatic rings. The summed E-state index contributed by atoms with van der Waals surface area (Å²) < 4.78 is 6.62. The van der Waals surface area contributed by atoms with E-state index in [1.165, 1.54) is 0 Å². The first kappa shape index (κ1) is 18.1. The first-order valence-corrected chi connectivity index (χ1v) is 9.84. The zero-order valence-electron chi connectivity index (χ0n) is 16.2. The van der Waals surface area contributed by atoms with Gasteiger partial charge in [0, 0.05) is 23.7 Å². The van der Waals surface area contributed by atoms with Crippen molar-refractivity contribution in [1.29, 1.82) is 0 Å². The Morgan fingerprint density at radius 3 is 2.41 bits per heavy atom. The summed E-state index contributed by atoms with van der Waals surface area (Å²) in [7, 11) is 4.30. The largest absolute Gasteiger partial charge is 0.485 e. The van der Waals surface area contributed by atoms with E-state index in [-0.39, 0.29) is 11.5 Å². The van der Waals surface area contributed by atoms with Crippen LogP contribution in [0.1, 0.15) is 41.6 Å². The average Bonchev–Trinajstić information content (AvgIpc) is 2.85. The molecule has 142 valence electrons. The lowest BCUT2D eigenvalue weighted by Crippen LogP contribution is -2.51. The van der Waals surface area contributed by atoms with E-state index in [4.69, 9.17) is 4.74 Å². The first-order chi connectivity index (χ1) is 13.1. The molecule has 0 saturated heterocycles. The second kappa shape index (κ2) is 7.35. The van der Waals surface area contributed by atoms with Crippen molar-refractivity contribution < 1.29 is 9.53 Å². The number of carbonyl (C=O) groups is 1. The molecule has 0 unspecified atom stereocenters. The van der Waals surface area contributed by atoms with Crippen molar-refractivity contribution in [3.8, 4) is 5.75 Å². The van der Waals surface area contributed by atoms with Crippen molar-refractivity contribution in [3.63, 3.8) is 0 Å². The maximum Gasteiger partial charge on any atom is 0.254 e. The molecule has 1 aliphatic carbocycles. The Balaban J connectivity index is 1.64. The predicted molar refractivity (Wildman–Crippen MR) is 107 cm³/mol. The molecule has 0 bridgehead atoms.